The van der Waals surface area contributed by atoms with Gasteiger partial charge in [-0.05, 0) is 34.5 Å². The maximum atomic E-state index is 13.3. The van der Waals surface area contributed by atoms with Gasteiger partial charge in [-0.1, -0.05) is 117 Å². The van der Waals surface area contributed by atoms with Gasteiger partial charge in [-0.25, -0.2) is 0 Å². The molecule has 28 heavy (non-hydrogen) atoms. The molecule has 1 aliphatic carbocycles. The molecular weight excluding hydrogens is 359 g/mol. The molecule has 0 N–H and O–H groups in total. The summed E-state index contributed by atoms with van der Waals surface area (Å²) in [5.74, 6) is 2.97. The number of rotatable bonds is 6. The minimum Gasteiger partial charge on any atom is -0.295 e. The van der Waals surface area contributed by atoms with E-state index < -0.39 is 6.89 Å². The molecule has 0 bridgehead atoms. The van der Waals surface area contributed by atoms with Gasteiger partial charge in [0.25, 0.3) is 0 Å². The highest BCUT2D eigenvalue weighted by molar-refractivity contribution is 7.95. The van der Waals surface area contributed by atoms with E-state index in [0.29, 0.717) is 18.1 Å². The lowest BCUT2D eigenvalue weighted by molar-refractivity contribution is -0.113. The van der Waals surface area contributed by atoms with E-state index in [9.17, 15) is 4.79 Å². The van der Waals surface area contributed by atoms with Crippen molar-refractivity contribution in [2.24, 2.45) is 5.92 Å². The Labute approximate surface area is 168 Å². The molecule has 0 amide bonds. The van der Waals surface area contributed by atoms with Crippen LogP contribution in [0.3, 0.4) is 0 Å². The van der Waals surface area contributed by atoms with Gasteiger partial charge in [0, 0.05) is 6.42 Å². The first kappa shape index (κ1) is 19.0. The summed E-state index contributed by atoms with van der Waals surface area (Å²) in [6.07, 6.45) is 5.64. The van der Waals surface area contributed by atoms with E-state index in [1.54, 1.807) is 0 Å². The van der Waals surface area contributed by atoms with Crippen LogP contribution < -0.4 is 15.9 Å². The third-order valence-electron chi connectivity index (χ3n) is 5.79. The Balaban J connectivity index is 1.93. The molecule has 0 saturated heterocycles. The molecule has 1 aliphatic rings. The maximum Gasteiger partial charge on any atom is 0.157 e. The van der Waals surface area contributed by atoms with Crippen molar-refractivity contribution in [1.29, 1.82) is 0 Å². The summed E-state index contributed by atoms with van der Waals surface area (Å²) in [6.45, 7) is -2.14. The maximum absolute atomic E-state index is 13.3. The molecule has 1 nitrogen and oxygen atoms in total. The van der Waals surface area contributed by atoms with Gasteiger partial charge in [0.05, 0.1) is 0 Å². The molecular formula is C26H27OP. The van der Waals surface area contributed by atoms with Gasteiger partial charge in [0.1, 0.15) is 0 Å². The second-order valence-electron chi connectivity index (χ2n) is 7.68. The molecule has 0 atom stereocenters. The van der Waals surface area contributed by atoms with Crippen LogP contribution >= 0.6 is 6.89 Å². The zero-order valence-electron chi connectivity index (χ0n) is 16.2. The molecule has 0 heterocycles. The highest BCUT2D eigenvalue weighted by Crippen LogP contribution is 2.44. The first-order chi connectivity index (χ1) is 13.8. The first-order valence-corrected chi connectivity index (χ1v) is 12.1. The Bertz CT molecular complexity index is 852. The fourth-order valence-corrected chi connectivity index (χ4v) is 8.23. The lowest BCUT2D eigenvalue weighted by Crippen LogP contribution is -2.28. The van der Waals surface area contributed by atoms with Crippen LogP contribution in [-0.4, -0.2) is 11.6 Å². The molecule has 3 aromatic carbocycles. The van der Waals surface area contributed by atoms with Crippen LogP contribution in [0.15, 0.2) is 91.0 Å². The Kier molecular flexibility index (Phi) is 5.93. The quantitative estimate of drug-likeness (QED) is 0.549. The summed E-state index contributed by atoms with van der Waals surface area (Å²) in [5, 5.41) is 3.73. The molecule has 0 aromatic heterocycles. The van der Waals surface area contributed by atoms with Gasteiger partial charge >= 0.3 is 0 Å². The monoisotopic (exact) mass is 386 g/mol. The standard InChI is InChI=1S/C26H27OP/c27-23(20-22-12-10-11-13-22)21-28(24-14-4-1-5-15-24,25-16-6-2-7-17-25)26-18-8-3-9-19-26/h1-9,14-19,21-22H,10-13,20H2. The van der Waals surface area contributed by atoms with Crippen LogP contribution in [0.25, 0.3) is 0 Å². The molecule has 0 aliphatic heterocycles. The average Bonchev–Trinajstić information content (AvgIpc) is 3.27. The fraction of sp³-hybridized carbons (Fsp3) is 0.231. The molecule has 3 aromatic rings. The van der Waals surface area contributed by atoms with E-state index >= 15 is 0 Å². The summed E-state index contributed by atoms with van der Waals surface area (Å²) in [6, 6.07) is 31.8. The SMILES string of the molecule is O=C(C=P(c1ccccc1)(c1ccccc1)c1ccccc1)CC1CCCC1. The molecule has 0 radical (unpaired) electrons. The molecule has 4 rings (SSSR count). The van der Waals surface area contributed by atoms with E-state index in [-0.39, 0.29) is 0 Å². The van der Waals surface area contributed by atoms with Crippen molar-refractivity contribution >= 4 is 34.4 Å². The fourth-order valence-electron chi connectivity index (χ4n) is 4.43. The Hall–Kier alpha value is -2.37. The molecule has 2 heteroatoms. The van der Waals surface area contributed by atoms with Crippen molar-refractivity contribution in [3.8, 4) is 0 Å². The minimum atomic E-state index is -2.14. The van der Waals surface area contributed by atoms with Crippen LogP contribution in [0, 0.1) is 5.92 Å². The largest absolute Gasteiger partial charge is 0.295 e. The van der Waals surface area contributed by atoms with Crippen molar-refractivity contribution in [2.45, 2.75) is 32.1 Å². The molecule has 1 saturated carbocycles. The van der Waals surface area contributed by atoms with E-state index in [2.05, 4.69) is 96.8 Å². The minimum absolute atomic E-state index is 0.303. The second kappa shape index (κ2) is 8.76. The van der Waals surface area contributed by atoms with Crippen LogP contribution in [0.4, 0.5) is 0 Å². The summed E-state index contributed by atoms with van der Waals surface area (Å²) in [4.78, 5) is 13.3. The molecule has 0 unspecified atom stereocenters. The van der Waals surface area contributed by atoms with Crippen molar-refractivity contribution in [1.82, 2.24) is 0 Å². The van der Waals surface area contributed by atoms with Gasteiger partial charge in [-0.2, -0.15) is 0 Å². The number of hydrogen-bond donors (Lipinski definition) is 0. The van der Waals surface area contributed by atoms with E-state index in [0.717, 1.165) is 0 Å². The normalized spacial score (nSPS) is 14.7. The molecule has 0 spiro atoms. The Morgan fingerprint density at radius 2 is 1.11 bits per heavy atom. The number of ketones is 1. The van der Waals surface area contributed by atoms with Gasteiger partial charge in [-0.15, -0.1) is 0 Å². The highest BCUT2D eigenvalue weighted by Gasteiger charge is 2.27. The number of hydrogen-bond acceptors (Lipinski definition) is 1. The number of benzene rings is 3. The van der Waals surface area contributed by atoms with Crippen molar-refractivity contribution in [3.05, 3.63) is 91.0 Å². The third kappa shape index (κ3) is 3.91. The van der Waals surface area contributed by atoms with Crippen molar-refractivity contribution in [3.63, 3.8) is 0 Å². The highest BCUT2D eigenvalue weighted by atomic mass is 31.2. The van der Waals surface area contributed by atoms with Crippen LogP contribution in [0.1, 0.15) is 32.1 Å². The summed E-state index contributed by atoms with van der Waals surface area (Å²) in [5.41, 5.74) is 0. The number of carbonyl (C=O) groups excluding carboxylic acids is 1. The lowest BCUT2D eigenvalue weighted by Gasteiger charge is -2.28. The first-order valence-electron chi connectivity index (χ1n) is 10.2. The van der Waals surface area contributed by atoms with Crippen LogP contribution in [0.2, 0.25) is 0 Å². The van der Waals surface area contributed by atoms with E-state index in [1.165, 1.54) is 41.6 Å². The summed E-state index contributed by atoms with van der Waals surface area (Å²) in [7, 11) is 0. The van der Waals surface area contributed by atoms with Crippen molar-refractivity contribution < 1.29 is 4.79 Å². The second-order valence-corrected chi connectivity index (χ2v) is 10.9. The van der Waals surface area contributed by atoms with Gasteiger partial charge < -0.3 is 0 Å². The zero-order chi connectivity index (χ0) is 19.2. The van der Waals surface area contributed by atoms with E-state index in [4.69, 9.17) is 0 Å². The van der Waals surface area contributed by atoms with Gasteiger partial charge in [0.2, 0.25) is 0 Å². The molecule has 1 fully saturated rings. The van der Waals surface area contributed by atoms with Gasteiger partial charge in [-0.3, -0.25) is 4.79 Å². The van der Waals surface area contributed by atoms with Crippen LogP contribution in [0.5, 0.6) is 0 Å². The van der Waals surface area contributed by atoms with E-state index in [1.807, 2.05) is 0 Å². The van der Waals surface area contributed by atoms with Gasteiger partial charge in [0.15, 0.2) is 5.78 Å². The smallest absolute Gasteiger partial charge is 0.157 e. The summed E-state index contributed by atoms with van der Waals surface area (Å²) >= 11 is 0. The average molecular weight is 386 g/mol. The topological polar surface area (TPSA) is 17.1 Å². The Morgan fingerprint density at radius 3 is 1.50 bits per heavy atom. The lowest BCUT2D eigenvalue weighted by atomic mass is 10.0. The van der Waals surface area contributed by atoms with Crippen molar-refractivity contribution in [2.75, 3.05) is 0 Å². The molecule has 142 valence electrons. The third-order valence-corrected chi connectivity index (χ3v) is 9.81. The summed E-state index contributed by atoms with van der Waals surface area (Å²) < 4.78 is 0. The zero-order valence-corrected chi connectivity index (χ0v) is 17.1. The predicted molar refractivity (Wildman–Crippen MR) is 123 cm³/mol. The number of carbonyl (C=O) groups is 1. The predicted octanol–water partition coefficient (Wildman–Crippen LogP) is 4.93. The van der Waals surface area contributed by atoms with Crippen LogP contribution in [-0.2, 0) is 4.79 Å². The Morgan fingerprint density at radius 1 is 0.714 bits per heavy atom. The number of Topliss-reactive ketones (excluding diaryl/α,β-unsaturated/α-hetero) is 1.